The molecule has 0 bridgehead atoms. The van der Waals surface area contributed by atoms with Gasteiger partial charge in [-0.15, -0.1) is 4.72 Å². The van der Waals surface area contributed by atoms with Crippen LogP contribution in [0.15, 0.2) is 30.3 Å². The molecule has 2 heterocycles. The highest BCUT2D eigenvalue weighted by molar-refractivity contribution is 7.90. The standard InChI is InChI=1S/C21H28FN3O3S/c1-19(2,3)29(27)25-20(4)12-28-18-15(20)10-16(21(5,26)11-23)24-17(18)13-6-8-14(22)9-7-13/h6-10,25-26H,11-12,23H2,1-5H3. The van der Waals surface area contributed by atoms with Crippen LogP contribution in [0, 0.1) is 5.82 Å². The van der Waals surface area contributed by atoms with Gasteiger partial charge in [0.25, 0.3) is 0 Å². The molecule has 2 aromatic rings. The van der Waals surface area contributed by atoms with Gasteiger partial charge in [-0.05, 0) is 65.0 Å². The number of rotatable bonds is 5. The van der Waals surface area contributed by atoms with Gasteiger partial charge in [-0.25, -0.2) is 9.37 Å². The lowest BCUT2D eigenvalue weighted by Gasteiger charge is -2.32. The topological polar surface area (TPSA) is 103 Å². The third kappa shape index (κ3) is 4.27. The Morgan fingerprint density at radius 3 is 2.48 bits per heavy atom. The van der Waals surface area contributed by atoms with E-state index in [2.05, 4.69) is 9.71 Å². The average molecular weight is 422 g/mol. The lowest BCUT2D eigenvalue weighted by atomic mass is 9.90. The summed E-state index contributed by atoms with van der Waals surface area (Å²) in [6.45, 7) is 9.36. The van der Waals surface area contributed by atoms with Crippen LogP contribution >= 0.6 is 0 Å². The Labute approximate surface area is 174 Å². The molecule has 1 aromatic heterocycles. The van der Waals surface area contributed by atoms with E-state index in [1.54, 1.807) is 25.1 Å². The molecule has 8 heteroatoms. The Morgan fingerprint density at radius 1 is 1.31 bits per heavy atom. The van der Waals surface area contributed by atoms with Crippen molar-refractivity contribution in [1.29, 1.82) is 0 Å². The number of fused-ring (bicyclic) bond motifs is 1. The summed E-state index contributed by atoms with van der Waals surface area (Å²) in [4.78, 5) is 4.60. The molecule has 0 aliphatic carbocycles. The molecule has 1 aliphatic heterocycles. The summed E-state index contributed by atoms with van der Waals surface area (Å²) >= 11 is -1.34. The number of nitrogens with zero attached hydrogens (tertiary/aromatic N) is 1. The van der Waals surface area contributed by atoms with Crippen molar-refractivity contribution in [1.82, 2.24) is 9.71 Å². The molecule has 158 valence electrons. The average Bonchev–Trinajstić information content (AvgIpc) is 2.98. The lowest BCUT2D eigenvalue weighted by Crippen LogP contribution is -2.50. The van der Waals surface area contributed by atoms with Gasteiger partial charge in [0.1, 0.15) is 34.0 Å². The first-order valence-corrected chi connectivity index (χ1v) is 10.6. The zero-order valence-corrected chi connectivity index (χ0v) is 18.2. The van der Waals surface area contributed by atoms with Crippen molar-refractivity contribution in [3.63, 3.8) is 0 Å². The number of halogens is 1. The van der Waals surface area contributed by atoms with Crippen LogP contribution in [-0.2, 0) is 22.5 Å². The smallest absolute Gasteiger partial charge is 0.151 e. The minimum Gasteiger partial charge on any atom is -0.598 e. The van der Waals surface area contributed by atoms with Crippen molar-refractivity contribution in [3.8, 4) is 17.0 Å². The molecule has 4 N–H and O–H groups in total. The summed E-state index contributed by atoms with van der Waals surface area (Å²) in [6.07, 6.45) is 0. The van der Waals surface area contributed by atoms with E-state index in [0.717, 1.165) is 5.56 Å². The highest BCUT2D eigenvalue weighted by Crippen LogP contribution is 2.45. The van der Waals surface area contributed by atoms with E-state index >= 15 is 0 Å². The minimum absolute atomic E-state index is 0.0272. The van der Waals surface area contributed by atoms with E-state index in [1.807, 2.05) is 27.7 Å². The zero-order valence-electron chi connectivity index (χ0n) is 17.4. The second kappa shape index (κ2) is 7.52. The number of nitrogens with two attached hydrogens (primary N) is 1. The molecule has 0 amide bonds. The second-order valence-electron chi connectivity index (χ2n) is 8.82. The molecule has 0 radical (unpaired) electrons. The molecule has 29 heavy (non-hydrogen) atoms. The first-order valence-electron chi connectivity index (χ1n) is 9.44. The van der Waals surface area contributed by atoms with Crippen molar-refractivity contribution in [3.05, 3.63) is 47.4 Å². The van der Waals surface area contributed by atoms with E-state index in [9.17, 15) is 14.0 Å². The van der Waals surface area contributed by atoms with E-state index in [-0.39, 0.29) is 19.0 Å². The van der Waals surface area contributed by atoms with Gasteiger partial charge in [-0.1, -0.05) is 0 Å². The van der Waals surface area contributed by atoms with Gasteiger partial charge >= 0.3 is 0 Å². The Balaban J connectivity index is 2.17. The van der Waals surface area contributed by atoms with Gasteiger partial charge in [0.15, 0.2) is 5.75 Å². The van der Waals surface area contributed by atoms with E-state index in [1.165, 1.54) is 12.1 Å². The summed E-state index contributed by atoms with van der Waals surface area (Å²) in [5, 5.41) is 10.8. The van der Waals surface area contributed by atoms with Crippen LogP contribution in [0.4, 0.5) is 4.39 Å². The maximum Gasteiger partial charge on any atom is 0.151 e. The number of pyridine rings is 1. The fourth-order valence-corrected chi connectivity index (χ4v) is 3.89. The third-order valence-corrected chi connectivity index (χ3v) is 6.76. The maximum absolute atomic E-state index is 13.4. The lowest BCUT2D eigenvalue weighted by molar-refractivity contribution is 0.0622. The second-order valence-corrected chi connectivity index (χ2v) is 10.8. The van der Waals surface area contributed by atoms with E-state index in [0.29, 0.717) is 22.7 Å². The van der Waals surface area contributed by atoms with Crippen LogP contribution in [0.25, 0.3) is 11.3 Å². The van der Waals surface area contributed by atoms with Crippen LogP contribution < -0.4 is 15.2 Å². The van der Waals surface area contributed by atoms with Crippen LogP contribution in [0.3, 0.4) is 0 Å². The molecule has 3 atom stereocenters. The minimum atomic E-state index is -1.36. The molecule has 3 unspecified atom stereocenters. The third-order valence-electron chi connectivity index (χ3n) is 5.01. The predicted octanol–water partition coefficient (Wildman–Crippen LogP) is 2.71. The van der Waals surface area contributed by atoms with E-state index < -0.39 is 27.2 Å². The molecule has 0 spiro atoms. The fraction of sp³-hybridized carbons (Fsp3) is 0.476. The number of aromatic nitrogens is 1. The van der Waals surface area contributed by atoms with Crippen LogP contribution in [0.1, 0.15) is 45.9 Å². The van der Waals surface area contributed by atoms with Gasteiger partial charge < -0.3 is 20.1 Å². The number of ether oxygens (including phenoxy) is 1. The SMILES string of the molecule is CC(O)(CN)c1cc2c(c(-c3ccc(F)cc3)n1)OCC2(C)N[S+]([O-])C(C)(C)C. The van der Waals surface area contributed by atoms with Gasteiger partial charge in [-0.3, -0.25) is 0 Å². The van der Waals surface area contributed by atoms with Crippen molar-refractivity contribution < 1.29 is 18.8 Å². The van der Waals surface area contributed by atoms with E-state index in [4.69, 9.17) is 10.5 Å². The summed E-state index contributed by atoms with van der Waals surface area (Å²) < 4.78 is 34.9. The molecule has 1 aliphatic rings. The number of aliphatic hydroxyl groups is 1. The molecular formula is C21H28FN3O3S. The first kappa shape index (κ1) is 22.0. The number of hydrogen-bond acceptors (Lipinski definition) is 6. The fourth-order valence-electron chi connectivity index (χ4n) is 3.01. The monoisotopic (exact) mass is 421 g/mol. The number of nitrogens with one attached hydrogen (secondary N) is 1. The highest BCUT2D eigenvalue weighted by atomic mass is 32.2. The number of hydrogen-bond donors (Lipinski definition) is 3. The van der Waals surface area contributed by atoms with Gasteiger partial charge in [0.2, 0.25) is 0 Å². The molecule has 0 saturated carbocycles. The normalized spacial score (nSPS) is 22.0. The van der Waals surface area contributed by atoms with Crippen molar-refractivity contribution in [2.75, 3.05) is 13.2 Å². The Hall–Kier alpha value is -1.71. The molecule has 1 aromatic carbocycles. The molecular weight excluding hydrogens is 393 g/mol. The molecule has 0 fully saturated rings. The molecule has 3 rings (SSSR count). The Kier molecular flexibility index (Phi) is 5.70. The Bertz CT molecular complexity index is 899. The van der Waals surface area contributed by atoms with Gasteiger partial charge in [0, 0.05) is 29.0 Å². The summed E-state index contributed by atoms with van der Waals surface area (Å²) in [7, 11) is 0. The summed E-state index contributed by atoms with van der Waals surface area (Å²) in [6, 6.07) is 7.66. The highest BCUT2D eigenvalue weighted by Gasteiger charge is 2.45. The Morgan fingerprint density at radius 2 is 1.93 bits per heavy atom. The van der Waals surface area contributed by atoms with Crippen LogP contribution in [0.5, 0.6) is 5.75 Å². The van der Waals surface area contributed by atoms with Gasteiger partial charge in [0.05, 0.1) is 5.69 Å². The zero-order chi connectivity index (χ0) is 21.6. The summed E-state index contributed by atoms with van der Waals surface area (Å²) in [5.74, 6) is 0.164. The van der Waals surface area contributed by atoms with Crippen molar-refractivity contribution in [2.24, 2.45) is 5.73 Å². The first-order chi connectivity index (χ1) is 13.4. The van der Waals surface area contributed by atoms with Crippen LogP contribution in [0.2, 0.25) is 0 Å². The van der Waals surface area contributed by atoms with Crippen molar-refractivity contribution >= 4 is 11.4 Å². The predicted molar refractivity (Wildman–Crippen MR) is 112 cm³/mol. The quantitative estimate of drug-likeness (QED) is 0.642. The van der Waals surface area contributed by atoms with Crippen molar-refractivity contribution in [2.45, 2.75) is 50.5 Å². The number of benzene rings is 1. The largest absolute Gasteiger partial charge is 0.598 e. The molecule has 6 nitrogen and oxygen atoms in total. The molecule has 0 saturated heterocycles. The van der Waals surface area contributed by atoms with Gasteiger partial charge in [-0.2, -0.15) is 0 Å². The van der Waals surface area contributed by atoms with Crippen LogP contribution in [-0.4, -0.2) is 32.5 Å². The summed E-state index contributed by atoms with van der Waals surface area (Å²) in [5.41, 5.74) is 5.88. The maximum atomic E-state index is 13.4.